The van der Waals surface area contributed by atoms with Crippen LogP contribution in [0.4, 0.5) is 5.69 Å². The molecular formula is C37H32N2O5. The maximum Gasteiger partial charge on any atom is 0.238 e. The third kappa shape index (κ3) is 4.07. The largest absolute Gasteiger partial charge is 0.497 e. The van der Waals surface area contributed by atoms with Gasteiger partial charge in [-0.15, -0.1) is 0 Å². The monoisotopic (exact) mass is 584 g/mol. The van der Waals surface area contributed by atoms with Crippen LogP contribution in [-0.4, -0.2) is 41.6 Å². The van der Waals surface area contributed by atoms with Gasteiger partial charge in [0.05, 0.1) is 25.2 Å². The lowest BCUT2D eigenvalue weighted by Gasteiger charge is -2.38. The van der Waals surface area contributed by atoms with E-state index in [0.29, 0.717) is 33.9 Å². The second-order valence-corrected chi connectivity index (χ2v) is 11.7. The lowest BCUT2D eigenvalue weighted by molar-refractivity contribution is -0.122. The highest BCUT2D eigenvalue weighted by Crippen LogP contribution is 2.62. The number of fused-ring (bicyclic) bond motifs is 6. The van der Waals surface area contributed by atoms with Crippen LogP contribution in [0.25, 0.3) is 6.08 Å². The van der Waals surface area contributed by atoms with Gasteiger partial charge in [-0.05, 0) is 79.1 Å². The Labute approximate surface area is 256 Å². The predicted molar refractivity (Wildman–Crippen MR) is 168 cm³/mol. The number of ketones is 2. The summed E-state index contributed by atoms with van der Waals surface area (Å²) in [6.45, 7) is 3.88. The highest BCUT2D eigenvalue weighted by atomic mass is 16.5. The molecule has 4 atom stereocenters. The Morgan fingerprint density at radius 3 is 2.36 bits per heavy atom. The molecular weight excluding hydrogens is 552 g/mol. The number of carbonyl (C=O) groups excluding carboxylic acids is 3. The number of carbonyl (C=O) groups is 3. The molecule has 7 heteroatoms. The van der Waals surface area contributed by atoms with E-state index in [1.54, 1.807) is 55.6 Å². The van der Waals surface area contributed by atoms with Crippen molar-refractivity contribution in [2.45, 2.75) is 37.5 Å². The molecule has 4 aromatic rings. The van der Waals surface area contributed by atoms with Crippen molar-refractivity contribution in [1.82, 2.24) is 4.90 Å². The Balaban J connectivity index is 1.48. The van der Waals surface area contributed by atoms with E-state index in [-0.39, 0.29) is 23.6 Å². The lowest BCUT2D eigenvalue weighted by Crippen LogP contribution is -2.49. The molecule has 0 aromatic heterocycles. The minimum Gasteiger partial charge on any atom is -0.497 e. The fraction of sp³-hybridized carbons (Fsp3) is 0.216. The molecule has 44 heavy (non-hydrogen) atoms. The van der Waals surface area contributed by atoms with Crippen molar-refractivity contribution in [1.29, 1.82) is 0 Å². The van der Waals surface area contributed by atoms with Gasteiger partial charge >= 0.3 is 0 Å². The van der Waals surface area contributed by atoms with Crippen LogP contribution in [-0.2, 0) is 10.2 Å². The number of rotatable bonds is 7. The van der Waals surface area contributed by atoms with Crippen molar-refractivity contribution >= 4 is 29.2 Å². The molecule has 1 fully saturated rings. The number of para-hydroxylation sites is 1. The van der Waals surface area contributed by atoms with Crippen molar-refractivity contribution in [3.63, 3.8) is 0 Å². The van der Waals surface area contributed by atoms with Gasteiger partial charge in [0.15, 0.2) is 11.6 Å². The highest BCUT2D eigenvalue weighted by molar-refractivity contribution is 6.16. The fourth-order valence-electron chi connectivity index (χ4n) is 7.26. The Morgan fingerprint density at radius 1 is 0.841 bits per heavy atom. The summed E-state index contributed by atoms with van der Waals surface area (Å²) in [6, 6.07) is 27.7. The Bertz CT molecular complexity index is 1830. The molecule has 0 saturated carbocycles. The van der Waals surface area contributed by atoms with Gasteiger partial charge in [-0.25, -0.2) is 0 Å². The molecule has 4 aromatic carbocycles. The number of nitrogens with zero attached hydrogens (tertiary/aromatic N) is 1. The smallest absolute Gasteiger partial charge is 0.238 e. The number of methoxy groups -OCH3 is 1. The van der Waals surface area contributed by atoms with Gasteiger partial charge in [0.1, 0.15) is 23.0 Å². The number of hydrogen-bond acceptors (Lipinski definition) is 6. The van der Waals surface area contributed by atoms with E-state index in [1.165, 1.54) is 0 Å². The number of nitrogens with one attached hydrogen (secondary N) is 1. The van der Waals surface area contributed by atoms with Crippen molar-refractivity contribution in [3.05, 3.63) is 131 Å². The molecule has 3 heterocycles. The third-order valence-electron chi connectivity index (χ3n) is 8.99. The number of anilines is 1. The van der Waals surface area contributed by atoms with Crippen LogP contribution in [0, 0.1) is 5.92 Å². The number of benzene rings is 4. The molecule has 7 nitrogen and oxygen atoms in total. The Morgan fingerprint density at radius 2 is 1.59 bits per heavy atom. The minimum absolute atomic E-state index is 0.0269. The molecule has 0 aliphatic carbocycles. The summed E-state index contributed by atoms with van der Waals surface area (Å²) in [5, 5.41) is 3.09. The van der Waals surface area contributed by atoms with Crippen molar-refractivity contribution in [2.24, 2.45) is 5.92 Å². The third-order valence-corrected chi connectivity index (χ3v) is 8.99. The summed E-state index contributed by atoms with van der Waals surface area (Å²) in [5.74, 6) is -0.716. The van der Waals surface area contributed by atoms with Gasteiger partial charge in [-0.3, -0.25) is 14.4 Å². The summed E-state index contributed by atoms with van der Waals surface area (Å²) in [6.07, 6.45) is 3.80. The molecule has 7 rings (SSSR count). The van der Waals surface area contributed by atoms with Crippen molar-refractivity contribution in [3.8, 4) is 11.5 Å². The maximum absolute atomic E-state index is 15.0. The fourth-order valence-corrected chi connectivity index (χ4v) is 7.26. The lowest BCUT2D eigenvalue weighted by atomic mass is 9.62. The molecule has 1 N–H and O–H groups in total. The molecule has 0 unspecified atom stereocenters. The quantitative estimate of drug-likeness (QED) is 0.251. The zero-order chi connectivity index (χ0) is 30.6. The van der Waals surface area contributed by atoms with Crippen LogP contribution < -0.4 is 14.8 Å². The van der Waals surface area contributed by atoms with Crippen LogP contribution >= 0.6 is 0 Å². The maximum atomic E-state index is 15.0. The first-order valence-corrected chi connectivity index (χ1v) is 14.8. The molecule has 220 valence electrons. The second-order valence-electron chi connectivity index (χ2n) is 11.7. The molecule has 3 aliphatic rings. The van der Waals surface area contributed by atoms with Crippen LogP contribution in [0.5, 0.6) is 11.5 Å². The molecule has 1 spiro atoms. The van der Waals surface area contributed by atoms with E-state index in [2.05, 4.69) is 5.32 Å². The average Bonchev–Trinajstić information content (AvgIpc) is 3.52. The van der Waals surface area contributed by atoms with Crippen molar-refractivity contribution in [2.75, 3.05) is 12.4 Å². The van der Waals surface area contributed by atoms with Crippen molar-refractivity contribution < 1.29 is 23.9 Å². The summed E-state index contributed by atoms with van der Waals surface area (Å²) in [4.78, 5) is 46.2. The molecule has 0 radical (unpaired) electrons. The van der Waals surface area contributed by atoms with Gasteiger partial charge < -0.3 is 19.7 Å². The van der Waals surface area contributed by atoms with E-state index in [9.17, 15) is 14.4 Å². The normalized spacial score (nSPS) is 22.8. The topological polar surface area (TPSA) is 84.9 Å². The zero-order valence-corrected chi connectivity index (χ0v) is 24.7. The summed E-state index contributed by atoms with van der Waals surface area (Å²) in [5.41, 5.74) is 2.62. The second kappa shape index (κ2) is 10.5. The van der Waals surface area contributed by atoms with Crippen LogP contribution in [0.15, 0.2) is 103 Å². The standard InChI is InChI=1S/C37H32N2O5/c1-22(2)44-26-17-15-24(16-18-26)33(40)31-32(34(41)25-10-8-11-27(21-25)43-3)39-20-19-23-9-4-5-12-28(23)35(39)37(31)29-13-6-7-14-30(29)38-36(37)42/h4-22,31-32,35H,1-3H3,(H,38,42)/t31-,32+,35-,37-/m1/s1. The number of ether oxygens (including phenoxy) is 2. The average molecular weight is 585 g/mol. The van der Waals surface area contributed by atoms with Gasteiger partial charge in [-0.1, -0.05) is 54.6 Å². The summed E-state index contributed by atoms with van der Waals surface area (Å²) < 4.78 is 11.3. The number of hydrogen-bond donors (Lipinski definition) is 1. The predicted octanol–water partition coefficient (Wildman–Crippen LogP) is 6.46. The first-order chi connectivity index (χ1) is 21.3. The zero-order valence-electron chi connectivity index (χ0n) is 24.7. The summed E-state index contributed by atoms with van der Waals surface area (Å²) >= 11 is 0. The van der Waals surface area contributed by atoms with E-state index < -0.39 is 23.4 Å². The first kappa shape index (κ1) is 27.7. The van der Waals surface area contributed by atoms with E-state index in [0.717, 1.165) is 11.1 Å². The Kier molecular flexibility index (Phi) is 6.61. The van der Waals surface area contributed by atoms with Gasteiger partial charge in [-0.2, -0.15) is 0 Å². The minimum atomic E-state index is -1.39. The molecule has 3 aliphatic heterocycles. The van der Waals surface area contributed by atoms with Gasteiger partial charge in [0, 0.05) is 23.0 Å². The summed E-state index contributed by atoms with van der Waals surface area (Å²) in [7, 11) is 1.55. The van der Waals surface area contributed by atoms with E-state index in [1.807, 2.05) is 79.6 Å². The van der Waals surface area contributed by atoms with E-state index >= 15 is 0 Å². The van der Waals surface area contributed by atoms with Crippen LogP contribution in [0.1, 0.15) is 57.3 Å². The van der Waals surface area contributed by atoms with Crippen LogP contribution in [0.2, 0.25) is 0 Å². The number of amides is 1. The first-order valence-electron chi connectivity index (χ1n) is 14.8. The SMILES string of the molecule is COc1cccc(C(=O)[C@@H]2[C@H](C(=O)c3ccc(OC(C)C)cc3)[C@@]3(C(=O)Nc4ccccc43)[C@H]3c4ccccc4C=CN23)c1. The number of Topliss-reactive ketones (excluding diaryl/α,β-unsaturated/α-hetero) is 2. The van der Waals surface area contributed by atoms with E-state index in [4.69, 9.17) is 9.47 Å². The van der Waals surface area contributed by atoms with Gasteiger partial charge in [0.25, 0.3) is 0 Å². The molecule has 1 amide bonds. The van der Waals surface area contributed by atoms with Crippen LogP contribution in [0.3, 0.4) is 0 Å². The van der Waals surface area contributed by atoms with Gasteiger partial charge in [0.2, 0.25) is 5.91 Å². The Hall–Kier alpha value is -5.17. The molecule has 0 bridgehead atoms. The molecule has 1 saturated heterocycles. The highest BCUT2D eigenvalue weighted by Gasteiger charge is 2.70.